The first kappa shape index (κ1) is 15.9. The number of aromatic amines is 1. The third kappa shape index (κ3) is 5.11. The lowest BCUT2D eigenvalue weighted by atomic mass is 10.3. The lowest BCUT2D eigenvalue weighted by Gasteiger charge is -2.08. The zero-order valence-corrected chi connectivity index (χ0v) is 13.1. The average molecular weight is 311 g/mol. The fourth-order valence-corrected chi connectivity index (χ4v) is 2.79. The van der Waals surface area contributed by atoms with Crippen molar-refractivity contribution in [1.82, 2.24) is 14.7 Å². The Labute approximate surface area is 125 Å². The van der Waals surface area contributed by atoms with E-state index in [1.165, 1.54) is 0 Å². The number of benzene rings is 1. The minimum atomic E-state index is -3.29. The van der Waals surface area contributed by atoms with E-state index in [9.17, 15) is 8.42 Å². The van der Waals surface area contributed by atoms with Crippen LogP contribution in [0.2, 0.25) is 0 Å². The van der Waals surface area contributed by atoms with Crippen molar-refractivity contribution in [2.75, 3.05) is 18.9 Å². The average Bonchev–Trinajstić information content (AvgIpc) is 2.80. The summed E-state index contributed by atoms with van der Waals surface area (Å²) in [5.41, 5.74) is 1.85. The molecule has 0 aliphatic heterocycles. The topological polar surface area (TPSA) is 84.1 Å². The van der Waals surface area contributed by atoms with Gasteiger partial charge in [-0.3, -0.25) is 0 Å². The summed E-state index contributed by atoms with van der Waals surface area (Å²) < 4.78 is 31.3. The predicted molar refractivity (Wildman–Crippen MR) is 82.7 cm³/mol. The summed E-state index contributed by atoms with van der Waals surface area (Å²) in [5.74, 6) is 0.753. The first-order valence-corrected chi connectivity index (χ1v) is 8.64. The molecule has 2 aromatic rings. The van der Waals surface area contributed by atoms with Gasteiger partial charge in [0.05, 0.1) is 29.5 Å². The van der Waals surface area contributed by atoms with E-state index in [1.807, 2.05) is 38.1 Å². The highest BCUT2D eigenvalue weighted by Crippen LogP contribution is 2.10. The number of para-hydroxylation sites is 2. The second kappa shape index (κ2) is 7.02. The summed E-state index contributed by atoms with van der Waals surface area (Å²) in [6.07, 6.45) is 0.564. The van der Waals surface area contributed by atoms with Gasteiger partial charge >= 0.3 is 0 Å². The number of H-pyrrole nitrogens is 1. The zero-order chi connectivity index (χ0) is 15.3. The number of ether oxygens (including phenoxy) is 1. The van der Waals surface area contributed by atoms with Crippen LogP contribution in [0.1, 0.15) is 19.7 Å². The van der Waals surface area contributed by atoms with Crippen molar-refractivity contribution in [3.8, 4) is 0 Å². The molecule has 1 aromatic heterocycles. The van der Waals surface area contributed by atoms with Crippen LogP contribution in [-0.2, 0) is 21.2 Å². The summed E-state index contributed by atoms with van der Waals surface area (Å²) in [4.78, 5) is 7.57. The van der Waals surface area contributed by atoms with Gasteiger partial charge in [0.25, 0.3) is 0 Å². The normalized spacial score (nSPS) is 12.3. The number of rotatable bonds is 8. The summed E-state index contributed by atoms with van der Waals surface area (Å²) in [6.45, 7) is 4.28. The van der Waals surface area contributed by atoms with Gasteiger partial charge in [-0.1, -0.05) is 12.1 Å². The van der Waals surface area contributed by atoms with Crippen molar-refractivity contribution in [2.24, 2.45) is 0 Å². The Bertz CT molecular complexity index is 647. The number of imidazole rings is 1. The van der Waals surface area contributed by atoms with Gasteiger partial charge in [0, 0.05) is 13.0 Å². The minimum absolute atomic E-state index is 0.0225. The van der Waals surface area contributed by atoms with Crippen LogP contribution in [0.4, 0.5) is 0 Å². The van der Waals surface area contributed by atoms with E-state index in [4.69, 9.17) is 4.74 Å². The summed E-state index contributed by atoms with van der Waals surface area (Å²) in [6, 6.07) is 7.72. The lowest BCUT2D eigenvalue weighted by molar-refractivity contribution is 0.0911. The Morgan fingerprint density at radius 3 is 2.81 bits per heavy atom. The van der Waals surface area contributed by atoms with Crippen molar-refractivity contribution in [3.63, 3.8) is 0 Å². The van der Waals surface area contributed by atoms with Gasteiger partial charge in [0.15, 0.2) is 0 Å². The lowest BCUT2D eigenvalue weighted by Crippen LogP contribution is -2.30. The summed E-state index contributed by atoms with van der Waals surface area (Å²) in [7, 11) is -3.29. The number of fused-ring (bicyclic) bond motifs is 1. The van der Waals surface area contributed by atoms with E-state index in [-0.39, 0.29) is 18.5 Å². The largest absolute Gasteiger partial charge is 0.378 e. The first-order valence-electron chi connectivity index (χ1n) is 6.99. The van der Waals surface area contributed by atoms with Crippen molar-refractivity contribution in [3.05, 3.63) is 30.1 Å². The third-order valence-electron chi connectivity index (χ3n) is 2.93. The maximum Gasteiger partial charge on any atom is 0.213 e. The van der Waals surface area contributed by atoms with E-state index in [1.54, 1.807) is 0 Å². The fourth-order valence-electron chi connectivity index (χ4n) is 1.91. The van der Waals surface area contributed by atoms with E-state index >= 15 is 0 Å². The maximum absolute atomic E-state index is 11.8. The summed E-state index contributed by atoms with van der Waals surface area (Å²) in [5, 5.41) is 0. The smallest absolute Gasteiger partial charge is 0.213 e. The highest BCUT2D eigenvalue weighted by molar-refractivity contribution is 7.89. The number of nitrogens with one attached hydrogen (secondary N) is 2. The zero-order valence-electron chi connectivity index (χ0n) is 12.3. The Kier molecular flexibility index (Phi) is 5.33. The fraction of sp³-hybridized carbons (Fsp3) is 0.500. The predicted octanol–water partition coefficient (Wildman–Crippen LogP) is 1.45. The van der Waals surface area contributed by atoms with Crippen molar-refractivity contribution < 1.29 is 13.2 Å². The van der Waals surface area contributed by atoms with Gasteiger partial charge < -0.3 is 9.72 Å². The van der Waals surface area contributed by atoms with E-state index in [2.05, 4.69) is 14.7 Å². The van der Waals surface area contributed by atoms with Crippen LogP contribution in [0.25, 0.3) is 11.0 Å². The molecule has 1 heterocycles. The monoisotopic (exact) mass is 311 g/mol. The highest BCUT2D eigenvalue weighted by Gasteiger charge is 2.10. The Morgan fingerprint density at radius 2 is 2.10 bits per heavy atom. The Hall–Kier alpha value is -1.44. The standard InChI is InChI=1S/C14H21N3O3S/c1-11(2)20-9-10-21(18,19)15-8-7-14-16-12-5-3-4-6-13(12)17-14/h3-6,11,15H,7-10H2,1-2H3,(H,16,17). The molecule has 0 unspecified atom stereocenters. The third-order valence-corrected chi connectivity index (χ3v) is 4.27. The van der Waals surface area contributed by atoms with Gasteiger partial charge in [0.2, 0.25) is 10.0 Å². The Balaban J connectivity index is 1.80. The number of aromatic nitrogens is 2. The van der Waals surface area contributed by atoms with Gasteiger partial charge in [-0.15, -0.1) is 0 Å². The molecule has 0 fully saturated rings. The SMILES string of the molecule is CC(C)OCCS(=O)(=O)NCCc1nc2ccccc2[nH]1. The van der Waals surface area contributed by atoms with Crippen LogP contribution in [0.15, 0.2) is 24.3 Å². The molecule has 0 radical (unpaired) electrons. The molecule has 7 heteroatoms. The molecule has 0 aliphatic rings. The molecule has 0 spiro atoms. The molecular weight excluding hydrogens is 290 g/mol. The van der Waals surface area contributed by atoms with E-state index < -0.39 is 10.0 Å². The molecule has 116 valence electrons. The number of hydrogen-bond acceptors (Lipinski definition) is 4. The number of nitrogens with zero attached hydrogens (tertiary/aromatic N) is 1. The molecule has 2 rings (SSSR count). The minimum Gasteiger partial charge on any atom is -0.378 e. The van der Waals surface area contributed by atoms with Crippen molar-refractivity contribution in [1.29, 1.82) is 0 Å². The molecule has 0 bridgehead atoms. The second-order valence-electron chi connectivity index (χ2n) is 5.08. The van der Waals surface area contributed by atoms with Crippen LogP contribution >= 0.6 is 0 Å². The molecule has 2 N–H and O–H groups in total. The van der Waals surface area contributed by atoms with Crippen molar-refractivity contribution in [2.45, 2.75) is 26.4 Å². The molecule has 0 saturated heterocycles. The first-order chi connectivity index (χ1) is 9.96. The van der Waals surface area contributed by atoms with Crippen LogP contribution < -0.4 is 4.72 Å². The molecular formula is C14H21N3O3S. The summed E-state index contributed by atoms with van der Waals surface area (Å²) >= 11 is 0. The van der Waals surface area contributed by atoms with Gasteiger partial charge in [-0.25, -0.2) is 18.1 Å². The van der Waals surface area contributed by atoms with Crippen LogP contribution in [0, 0.1) is 0 Å². The molecule has 6 nitrogen and oxygen atoms in total. The highest BCUT2D eigenvalue weighted by atomic mass is 32.2. The molecule has 0 atom stereocenters. The van der Waals surface area contributed by atoms with Gasteiger partial charge in [-0.05, 0) is 26.0 Å². The molecule has 0 amide bonds. The van der Waals surface area contributed by atoms with Crippen LogP contribution in [-0.4, -0.2) is 43.4 Å². The van der Waals surface area contributed by atoms with Crippen LogP contribution in [0.5, 0.6) is 0 Å². The van der Waals surface area contributed by atoms with Gasteiger partial charge in [-0.2, -0.15) is 0 Å². The number of hydrogen-bond donors (Lipinski definition) is 2. The second-order valence-corrected chi connectivity index (χ2v) is 7.01. The quantitative estimate of drug-likeness (QED) is 0.773. The molecule has 1 aromatic carbocycles. The maximum atomic E-state index is 11.8. The van der Waals surface area contributed by atoms with E-state index in [0.29, 0.717) is 13.0 Å². The molecule has 0 aliphatic carbocycles. The van der Waals surface area contributed by atoms with Crippen molar-refractivity contribution >= 4 is 21.1 Å². The Morgan fingerprint density at radius 1 is 1.33 bits per heavy atom. The molecule has 21 heavy (non-hydrogen) atoms. The number of sulfonamides is 1. The van der Waals surface area contributed by atoms with E-state index in [0.717, 1.165) is 16.9 Å². The van der Waals surface area contributed by atoms with Crippen LogP contribution in [0.3, 0.4) is 0 Å². The van der Waals surface area contributed by atoms with Gasteiger partial charge in [0.1, 0.15) is 5.82 Å². The molecule has 0 saturated carbocycles.